The molecule has 21 heavy (non-hydrogen) atoms. The van der Waals surface area contributed by atoms with Crippen molar-refractivity contribution in [1.29, 1.82) is 0 Å². The molecule has 0 spiro atoms. The minimum absolute atomic E-state index is 0.370. The van der Waals surface area contributed by atoms with Crippen molar-refractivity contribution in [2.75, 3.05) is 27.2 Å². The molecule has 1 aromatic heterocycles. The summed E-state index contributed by atoms with van der Waals surface area (Å²) >= 11 is 0. The second-order valence-corrected chi connectivity index (χ2v) is 6.19. The number of aromatic nitrogens is 1. The fourth-order valence-electron chi connectivity index (χ4n) is 3.44. The maximum absolute atomic E-state index is 5.32. The molecule has 0 bridgehead atoms. The number of nitrogens with one attached hydrogen (secondary N) is 1. The van der Waals surface area contributed by atoms with Gasteiger partial charge in [0, 0.05) is 12.1 Å². The van der Waals surface area contributed by atoms with Gasteiger partial charge in [0.25, 0.3) is 0 Å². The average Bonchev–Trinajstić information content (AvgIpc) is 2.70. The van der Waals surface area contributed by atoms with Crippen LogP contribution in [0.25, 0.3) is 0 Å². The average molecular weight is 291 g/mol. The Morgan fingerprint density at radius 2 is 2.19 bits per heavy atom. The van der Waals surface area contributed by atoms with Gasteiger partial charge in [0.1, 0.15) is 0 Å². The van der Waals surface area contributed by atoms with Crippen LogP contribution in [-0.4, -0.2) is 43.2 Å². The molecular formula is C17H29N3O. The zero-order valence-electron chi connectivity index (χ0n) is 13.8. The standard InChI is InChI=1S/C17H29N3O/c1-13(2)20-11-6-5-8-14(12-18-3)17(20)15-9-7-10-16(19-15)21-4/h7,9-10,13-14,17-18H,5-6,8,11-12H2,1-4H3. The predicted octanol–water partition coefficient (Wildman–Crippen LogP) is 2.86. The monoisotopic (exact) mass is 291 g/mol. The Labute approximate surface area is 128 Å². The first kappa shape index (κ1) is 16.2. The van der Waals surface area contributed by atoms with Crippen LogP contribution < -0.4 is 10.1 Å². The lowest BCUT2D eigenvalue weighted by molar-refractivity contribution is 0.115. The van der Waals surface area contributed by atoms with E-state index in [2.05, 4.69) is 36.2 Å². The van der Waals surface area contributed by atoms with E-state index in [0.717, 1.165) is 18.8 Å². The second-order valence-electron chi connectivity index (χ2n) is 6.19. The van der Waals surface area contributed by atoms with Gasteiger partial charge in [-0.25, -0.2) is 4.98 Å². The molecule has 0 amide bonds. The number of hydrogen-bond donors (Lipinski definition) is 1. The largest absolute Gasteiger partial charge is 0.481 e. The lowest BCUT2D eigenvalue weighted by Crippen LogP contribution is -2.40. The summed E-state index contributed by atoms with van der Waals surface area (Å²) in [4.78, 5) is 7.34. The molecule has 1 aromatic rings. The molecule has 1 N–H and O–H groups in total. The lowest BCUT2D eigenvalue weighted by atomic mass is 9.91. The van der Waals surface area contributed by atoms with E-state index < -0.39 is 0 Å². The number of likely N-dealkylation sites (tertiary alicyclic amines) is 1. The number of nitrogens with zero attached hydrogens (tertiary/aromatic N) is 2. The highest BCUT2D eigenvalue weighted by atomic mass is 16.5. The van der Waals surface area contributed by atoms with E-state index in [1.54, 1.807) is 7.11 Å². The molecule has 1 aliphatic rings. The van der Waals surface area contributed by atoms with E-state index in [4.69, 9.17) is 9.72 Å². The summed E-state index contributed by atoms with van der Waals surface area (Å²) in [5, 5.41) is 3.37. The van der Waals surface area contributed by atoms with Crippen LogP contribution in [0.2, 0.25) is 0 Å². The molecule has 2 unspecified atom stereocenters. The summed E-state index contributed by atoms with van der Waals surface area (Å²) in [6.45, 7) is 6.76. The molecule has 4 nitrogen and oxygen atoms in total. The van der Waals surface area contributed by atoms with Gasteiger partial charge >= 0.3 is 0 Å². The number of hydrogen-bond acceptors (Lipinski definition) is 4. The number of methoxy groups -OCH3 is 1. The van der Waals surface area contributed by atoms with Crippen LogP contribution in [0.5, 0.6) is 5.88 Å². The van der Waals surface area contributed by atoms with E-state index in [9.17, 15) is 0 Å². The van der Waals surface area contributed by atoms with Crippen LogP contribution in [0, 0.1) is 5.92 Å². The van der Waals surface area contributed by atoms with Crippen molar-refractivity contribution in [1.82, 2.24) is 15.2 Å². The molecule has 1 aliphatic heterocycles. The number of pyridine rings is 1. The molecule has 0 saturated carbocycles. The van der Waals surface area contributed by atoms with Crippen molar-refractivity contribution in [3.63, 3.8) is 0 Å². The van der Waals surface area contributed by atoms with Crippen LogP contribution in [0.1, 0.15) is 44.8 Å². The highest BCUT2D eigenvalue weighted by Gasteiger charge is 2.33. The third-order valence-electron chi connectivity index (χ3n) is 4.43. The molecular weight excluding hydrogens is 262 g/mol. The minimum atomic E-state index is 0.370. The summed E-state index contributed by atoms with van der Waals surface area (Å²) in [5.41, 5.74) is 1.14. The third kappa shape index (κ3) is 3.95. The van der Waals surface area contributed by atoms with Crippen LogP contribution in [-0.2, 0) is 0 Å². The lowest BCUT2D eigenvalue weighted by Gasteiger charge is -2.37. The summed E-state index contributed by atoms with van der Waals surface area (Å²) < 4.78 is 5.32. The highest BCUT2D eigenvalue weighted by Crippen LogP contribution is 2.35. The Bertz CT molecular complexity index is 436. The van der Waals surface area contributed by atoms with Crippen molar-refractivity contribution < 1.29 is 4.74 Å². The zero-order chi connectivity index (χ0) is 15.2. The fourth-order valence-corrected chi connectivity index (χ4v) is 3.44. The van der Waals surface area contributed by atoms with Crippen molar-refractivity contribution in [3.8, 4) is 5.88 Å². The van der Waals surface area contributed by atoms with Crippen LogP contribution in [0.4, 0.5) is 0 Å². The Hall–Kier alpha value is -1.13. The quantitative estimate of drug-likeness (QED) is 0.905. The molecule has 2 heterocycles. The van der Waals surface area contributed by atoms with Gasteiger partial charge in [-0.05, 0) is 58.8 Å². The van der Waals surface area contributed by atoms with Gasteiger partial charge in [-0.3, -0.25) is 4.90 Å². The number of rotatable bonds is 5. The van der Waals surface area contributed by atoms with Gasteiger partial charge in [-0.15, -0.1) is 0 Å². The molecule has 2 rings (SSSR count). The Morgan fingerprint density at radius 1 is 1.38 bits per heavy atom. The molecule has 118 valence electrons. The molecule has 1 fully saturated rings. The summed E-state index contributed by atoms with van der Waals surface area (Å²) in [5.74, 6) is 1.31. The Kier molecular flexibility index (Phi) is 6.00. The van der Waals surface area contributed by atoms with Gasteiger partial charge in [-0.2, -0.15) is 0 Å². The van der Waals surface area contributed by atoms with Crippen LogP contribution >= 0.6 is 0 Å². The topological polar surface area (TPSA) is 37.4 Å². The number of ether oxygens (including phenoxy) is 1. The van der Waals surface area contributed by atoms with Crippen molar-refractivity contribution >= 4 is 0 Å². The summed E-state index contributed by atoms with van der Waals surface area (Å²) in [6, 6.07) is 7.03. The third-order valence-corrected chi connectivity index (χ3v) is 4.43. The zero-order valence-corrected chi connectivity index (χ0v) is 13.8. The predicted molar refractivity (Wildman–Crippen MR) is 86.6 cm³/mol. The minimum Gasteiger partial charge on any atom is -0.481 e. The van der Waals surface area contributed by atoms with Crippen molar-refractivity contribution in [3.05, 3.63) is 23.9 Å². The first-order valence-corrected chi connectivity index (χ1v) is 8.08. The smallest absolute Gasteiger partial charge is 0.213 e. The van der Waals surface area contributed by atoms with Crippen molar-refractivity contribution in [2.24, 2.45) is 5.92 Å². The first-order valence-electron chi connectivity index (χ1n) is 8.08. The normalized spacial score (nSPS) is 24.0. The van der Waals surface area contributed by atoms with Gasteiger partial charge in [0.05, 0.1) is 18.8 Å². The van der Waals surface area contributed by atoms with Crippen molar-refractivity contribution in [2.45, 2.75) is 45.2 Å². The molecule has 0 aliphatic carbocycles. The molecule has 4 heteroatoms. The van der Waals surface area contributed by atoms with Gasteiger partial charge in [0.2, 0.25) is 5.88 Å². The molecule has 1 saturated heterocycles. The SMILES string of the molecule is CNCC1CCCCN(C(C)C)C1c1cccc(OC)n1. The second kappa shape index (κ2) is 7.76. The van der Waals surface area contributed by atoms with E-state index in [-0.39, 0.29) is 0 Å². The fraction of sp³-hybridized carbons (Fsp3) is 0.706. The van der Waals surface area contributed by atoms with Crippen LogP contribution in [0.15, 0.2) is 18.2 Å². The van der Waals surface area contributed by atoms with E-state index in [1.807, 2.05) is 13.1 Å². The van der Waals surface area contributed by atoms with E-state index >= 15 is 0 Å². The molecule has 0 aromatic carbocycles. The Balaban J connectivity index is 2.37. The maximum Gasteiger partial charge on any atom is 0.213 e. The van der Waals surface area contributed by atoms with Gasteiger partial charge in [0.15, 0.2) is 0 Å². The Morgan fingerprint density at radius 3 is 2.86 bits per heavy atom. The first-order chi connectivity index (χ1) is 10.2. The highest BCUT2D eigenvalue weighted by molar-refractivity contribution is 5.19. The maximum atomic E-state index is 5.32. The van der Waals surface area contributed by atoms with E-state index in [1.165, 1.54) is 19.3 Å². The molecule has 0 radical (unpaired) electrons. The van der Waals surface area contributed by atoms with Gasteiger partial charge in [-0.1, -0.05) is 12.5 Å². The molecule has 2 atom stereocenters. The summed E-state index contributed by atoms with van der Waals surface area (Å²) in [7, 11) is 3.73. The van der Waals surface area contributed by atoms with E-state index in [0.29, 0.717) is 23.9 Å². The summed E-state index contributed by atoms with van der Waals surface area (Å²) in [6.07, 6.45) is 3.84. The van der Waals surface area contributed by atoms with Gasteiger partial charge < -0.3 is 10.1 Å². The van der Waals surface area contributed by atoms with Crippen LogP contribution in [0.3, 0.4) is 0 Å².